The number of morpholine rings is 1. The molecule has 42 heavy (non-hydrogen) atoms. The average molecular weight is 586 g/mol. The molecule has 2 saturated heterocycles. The van der Waals surface area contributed by atoms with Gasteiger partial charge in [0.05, 0.1) is 31.4 Å². The molecule has 0 unspecified atom stereocenters. The molecule has 6 rings (SSSR count). The van der Waals surface area contributed by atoms with Gasteiger partial charge in [-0.1, -0.05) is 12.1 Å². The third-order valence-electron chi connectivity index (χ3n) is 8.07. The van der Waals surface area contributed by atoms with E-state index in [1.54, 1.807) is 30.3 Å². The highest BCUT2D eigenvalue weighted by Gasteiger charge is 2.38. The molecule has 4 heterocycles. The van der Waals surface area contributed by atoms with Gasteiger partial charge in [0.1, 0.15) is 18.0 Å². The molecule has 0 bridgehead atoms. The number of alkyl carbamates (subject to hydrolysis) is 1. The highest BCUT2D eigenvalue weighted by atomic mass is 19.3. The second-order valence-corrected chi connectivity index (χ2v) is 10.6. The van der Waals surface area contributed by atoms with Crippen LogP contribution in [-0.4, -0.2) is 94.6 Å². The number of alkyl halides is 2. The van der Waals surface area contributed by atoms with Crippen LogP contribution in [0.1, 0.15) is 44.4 Å². The van der Waals surface area contributed by atoms with Crippen LogP contribution in [0.4, 0.5) is 19.5 Å². The number of carbonyl (C=O) groups is 2. The monoisotopic (exact) mass is 585 g/mol. The summed E-state index contributed by atoms with van der Waals surface area (Å²) in [6.45, 7) is 2.73. The lowest BCUT2D eigenvalue weighted by Gasteiger charge is -2.34. The van der Waals surface area contributed by atoms with Gasteiger partial charge in [-0.05, 0) is 44.2 Å². The summed E-state index contributed by atoms with van der Waals surface area (Å²) < 4.78 is 46.1. The van der Waals surface area contributed by atoms with Gasteiger partial charge in [0.25, 0.3) is 6.43 Å². The summed E-state index contributed by atoms with van der Waals surface area (Å²) >= 11 is 0. The number of likely N-dealkylation sites (tertiary alicyclic amines) is 1. The Labute approximate surface area is 240 Å². The Morgan fingerprint density at radius 2 is 1.81 bits per heavy atom. The topological polar surface area (TPSA) is 124 Å². The number of fused-ring (bicyclic) bond motifs is 1. The standard InChI is InChI=1S/C28H33F2N7O5/c1-40-28(39)32-20-10-11-36(26(20)38)17-6-8-18(9-7-17)42-23-16-22(33-27(34-23)35-12-14-41-15-13-35)37-21-5-3-2-4-19(21)31-25(37)24(29)30/h2-5,16-18,20,24H,6-15H2,1H3,(H,32,39)/t17?,18?,20-/m0/s1. The number of methoxy groups -OCH3 is 1. The Balaban J connectivity index is 1.22. The van der Waals surface area contributed by atoms with Gasteiger partial charge >= 0.3 is 6.09 Å². The Kier molecular flexibility index (Phi) is 8.05. The SMILES string of the molecule is COC(=O)N[C@H]1CCN(C2CCC(Oc3cc(-n4c(C(F)F)nc5ccccc54)nc(N4CCOCC4)n3)CC2)C1=O. The number of amides is 2. The molecule has 3 fully saturated rings. The summed E-state index contributed by atoms with van der Waals surface area (Å²) in [7, 11) is 1.27. The summed E-state index contributed by atoms with van der Waals surface area (Å²) in [5, 5.41) is 2.60. The average Bonchev–Trinajstić information content (AvgIpc) is 3.58. The number of anilines is 1. The number of carbonyl (C=O) groups excluding carboxylic acids is 2. The minimum atomic E-state index is -2.81. The van der Waals surface area contributed by atoms with Crippen LogP contribution in [0.3, 0.4) is 0 Å². The lowest BCUT2D eigenvalue weighted by Crippen LogP contribution is -2.46. The van der Waals surface area contributed by atoms with Crippen molar-refractivity contribution >= 4 is 29.0 Å². The Bertz CT molecular complexity index is 1440. The maximum Gasteiger partial charge on any atom is 0.407 e. The van der Waals surface area contributed by atoms with Gasteiger partial charge < -0.3 is 29.3 Å². The van der Waals surface area contributed by atoms with Gasteiger partial charge in [0.15, 0.2) is 5.82 Å². The predicted molar refractivity (Wildman–Crippen MR) is 147 cm³/mol. The number of nitrogens with zero attached hydrogens (tertiary/aromatic N) is 6. The Hall–Kier alpha value is -4.07. The number of nitrogens with one attached hydrogen (secondary N) is 1. The van der Waals surface area contributed by atoms with Crippen molar-refractivity contribution in [2.45, 2.75) is 56.7 Å². The van der Waals surface area contributed by atoms with E-state index in [2.05, 4.69) is 25.0 Å². The van der Waals surface area contributed by atoms with E-state index in [9.17, 15) is 18.4 Å². The van der Waals surface area contributed by atoms with E-state index >= 15 is 0 Å². The summed E-state index contributed by atoms with van der Waals surface area (Å²) in [5.41, 5.74) is 0.960. The fraction of sp³-hybridized carbons (Fsp3) is 0.536. The molecule has 14 heteroatoms. The van der Waals surface area contributed by atoms with Crippen LogP contribution in [0.15, 0.2) is 30.3 Å². The zero-order valence-corrected chi connectivity index (χ0v) is 23.2. The zero-order valence-electron chi connectivity index (χ0n) is 23.2. The molecule has 2 aliphatic heterocycles. The lowest BCUT2D eigenvalue weighted by atomic mass is 9.92. The van der Waals surface area contributed by atoms with Crippen LogP contribution in [0.5, 0.6) is 5.88 Å². The lowest BCUT2D eigenvalue weighted by molar-refractivity contribution is -0.132. The normalized spacial score (nSPS) is 23.0. The Morgan fingerprint density at radius 3 is 2.55 bits per heavy atom. The van der Waals surface area contributed by atoms with E-state index in [-0.39, 0.29) is 23.9 Å². The van der Waals surface area contributed by atoms with E-state index in [1.165, 1.54) is 11.7 Å². The fourth-order valence-corrected chi connectivity index (χ4v) is 5.96. The number of para-hydroxylation sites is 2. The zero-order chi connectivity index (χ0) is 29.2. The van der Waals surface area contributed by atoms with Crippen LogP contribution < -0.4 is 15.0 Å². The van der Waals surface area contributed by atoms with E-state index in [0.717, 1.165) is 12.8 Å². The molecule has 1 saturated carbocycles. The second kappa shape index (κ2) is 12.0. The van der Waals surface area contributed by atoms with Crippen molar-refractivity contribution in [1.82, 2.24) is 29.7 Å². The van der Waals surface area contributed by atoms with Crippen LogP contribution in [0, 0.1) is 0 Å². The molecule has 2 amide bonds. The molecule has 224 valence electrons. The van der Waals surface area contributed by atoms with Gasteiger partial charge in [0.2, 0.25) is 17.7 Å². The number of hydrogen-bond acceptors (Lipinski definition) is 9. The van der Waals surface area contributed by atoms with Crippen molar-refractivity contribution in [2.75, 3.05) is 44.9 Å². The molecule has 1 aromatic carbocycles. The van der Waals surface area contributed by atoms with Crippen molar-refractivity contribution in [1.29, 1.82) is 0 Å². The molecule has 1 atom stereocenters. The first-order valence-electron chi connectivity index (χ1n) is 14.2. The van der Waals surface area contributed by atoms with Crippen molar-refractivity contribution in [2.24, 2.45) is 0 Å². The first kappa shape index (κ1) is 28.1. The second-order valence-electron chi connectivity index (χ2n) is 10.6. The first-order valence-corrected chi connectivity index (χ1v) is 14.2. The molecular formula is C28H33F2N7O5. The number of aromatic nitrogens is 4. The number of ether oxygens (including phenoxy) is 3. The highest BCUT2D eigenvalue weighted by molar-refractivity contribution is 5.87. The maximum absolute atomic E-state index is 14.1. The fourth-order valence-electron chi connectivity index (χ4n) is 5.96. The molecule has 1 aliphatic carbocycles. The quantitative estimate of drug-likeness (QED) is 0.445. The molecule has 1 N–H and O–H groups in total. The number of benzene rings is 1. The number of halogens is 2. The third kappa shape index (κ3) is 5.67. The minimum Gasteiger partial charge on any atom is -0.474 e. The van der Waals surface area contributed by atoms with Crippen LogP contribution >= 0.6 is 0 Å². The summed E-state index contributed by atoms with van der Waals surface area (Å²) in [6, 6.07) is 8.02. The number of hydrogen-bond donors (Lipinski definition) is 1. The van der Waals surface area contributed by atoms with E-state index in [4.69, 9.17) is 9.47 Å². The van der Waals surface area contributed by atoms with Gasteiger partial charge in [-0.25, -0.2) is 18.6 Å². The summed E-state index contributed by atoms with van der Waals surface area (Å²) in [4.78, 5) is 41.7. The van der Waals surface area contributed by atoms with Gasteiger partial charge in [-0.15, -0.1) is 0 Å². The largest absolute Gasteiger partial charge is 0.474 e. The molecule has 12 nitrogen and oxygen atoms in total. The van der Waals surface area contributed by atoms with Crippen molar-refractivity contribution in [3.8, 4) is 11.7 Å². The van der Waals surface area contributed by atoms with Gasteiger partial charge in [-0.3, -0.25) is 9.36 Å². The molecule has 2 aromatic heterocycles. The van der Waals surface area contributed by atoms with Gasteiger partial charge in [0, 0.05) is 31.7 Å². The molecule has 3 aliphatic rings. The van der Waals surface area contributed by atoms with Crippen LogP contribution in [0.25, 0.3) is 16.9 Å². The van der Waals surface area contributed by atoms with E-state index in [1.807, 2.05) is 9.80 Å². The molecule has 0 radical (unpaired) electrons. The van der Waals surface area contributed by atoms with E-state index in [0.29, 0.717) is 75.0 Å². The first-order chi connectivity index (χ1) is 20.4. The summed E-state index contributed by atoms with van der Waals surface area (Å²) in [5.74, 6) is 0.435. The number of imidazole rings is 1. The molecular weight excluding hydrogens is 552 g/mol. The van der Waals surface area contributed by atoms with Crippen LogP contribution in [0.2, 0.25) is 0 Å². The predicted octanol–water partition coefficient (Wildman–Crippen LogP) is 3.24. The van der Waals surface area contributed by atoms with Crippen molar-refractivity contribution in [3.63, 3.8) is 0 Å². The number of rotatable bonds is 7. The van der Waals surface area contributed by atoms with Crippen molar-refractivity contribution in [3.05, 3.63) is 36.2 Å². The van der Waals surface area contributed by atoms with Crippen LogP contribution in [-0.2, 0) is 14.3 Å². The maximum atomic E-state index is 14.1. The highest BCUT2D eigenvalue weighted by Crippen LogP contribution is 2.32. The summed E-state index contributed by atoms with van der Waals surface area (Å²) in [6.07, 6.45) is -0.210. The smallest absolute Gasteiger partial charge is 0.407 e. The molecule has 3 aromatic rings. The van der Waals surface area contributed by atoms with Gasteiger partial charge in [-0.2, -0.15) is 9.97 Å². The third-order valence-corrected chi connectivity index (χ3v) is 8.07. The minimum absolute atomic E-state index is 0.0533. The molecule has 0 spiro atoms. The van der Waals surface area contributed by atoms with E-state index < -0.39 is 24.4 Å². The Morgan fingerprint density at radius 1 is 1.05 bits per heavy atom. The van der Waals surface area contributed by atoms with Crippen molar-refractivity contribution < 1.29 is 32.6 Å².